The van der Waals surface area contributed by atoms with Crippen molar-refractivity contribution in [3.05, 3.63) is 23.4 Å². The van der Waals surface area contributed by atoms with E-state index in [1.807, 2.05) is 0 Å². The van der Waals surface area contributed by atoms with Crippen molar-refractivity contribution in [2.45, 2.75) is 26.1 Å². The van der Waals surface area contributed by atoms with Crippen LogP contribution in [0.4, 0.5) is 19.0 Å². The molecule has 0 bridgehead atoms. The number of alkyl halides is 3. The molecule has 2 heterocycles. The van der Waals surface area contributed by atoms with Crippen LogP contribution in [0.25, 0.3) is 0 Å². The first-order chi connectivity index (χ1) is 11.7. The minimum absolute atomic E-state index is 0.0478. The number of nitrogens with zero attached hydrogens (tertiary/aromatic N) is 3. The maximum atomic E-state index is 12.9. The van der Waals surface area contributed by atoms with Gasteiger partial charge < -0.3 is 15.0 Å². The molecule has 1 aliphatic rings. The molecular formula is C16H19F3N4O2. The third kappa shape index (κ3) is 4.60. The van der Waals surface area contributed by atoms with Gasteiger partial charge in [-0.25, -0.2) is 4.98 Å². The molecule has 1 amide bonds. The topological polar surface area (TPSA) is 78.2 Å². The van der Waals surface area contributed by atoms with Crippen molar-refractivity contribution in [2.24, 2.45) is 5.92 Å². The Balaban J connectivity index is 2.29. The summed E-state index contributed by atoms with van der Waals surface area (Å²) in [5, 5.41) is 11.9. The second-order valence-corrected chi connectivity index (χ2v) is 6.01. The van der Waals surface area contributed by atoms with Crippen LogP contribution in [0, 0.1) is 17.2 Å². The van der Waals surface area contributed by atoms with Gasteiger partial charge in [0.2, 0.25) is 5.91 Å². The fraction of sp³-hybridized carbons (Fsp3) is 0.562. The van der Waals surface area contributed by atoms with E-state index in [0.29, 0.717) is 26.3 Å². The Kier molecular flexibility index (Phi) is 5.85. The molecule has 1 unspecified atom stereocenters. The van der Waals surface area contributed by atoms with Crippen molar-refractivity contribution in [2.75, 3.05) is 31.6 Å². The quantitative estimate of drug-likeness (QED) is 0.895. The van der Waals surface area contributed by atoms with Gasteiger partial charge in [0.25, 0.3) is 0 Å². The standard InChI is InChI=1S/C16H19F3N4O2/c1-10(2)13(15(24)23-5-7-25-8-6-23)22-14-11(9-20)3-4-12(21-14)16(17,18)19/h3-4,10,13H,5-8H2,1-2H3,(H,21,22). The van der Waals surface area contributed by atoms with E-state index >= 15 is 0 Å². The molecule has 1 aromatic heterocycles. The van der Waals surface area contributed by atoms with Gasteiger partial charge in [-0.15, -0.1) is 0 Å². The first-order valence-electron chi connectivity index (χ1n) is 7.85. The molecule has 6 nitrogen and oxygen atoms in total. The Hall–Kier alpha value is -2.34. The Bertz CT molecular complexity index is 664. The van der Waals surface area contributed by atoms with Gasteiger partial charge in [-0.05, 0) is 18.1 Å². The highest BCUT2D eigenvalue weighted by molar-refractivity contribution is 5.85. The maximum Gasteiger partial charge on any atom is 0.433 e. The van der Waals surface area contributed by atoms with E-state index in [2.05, 4.69) is 10.3 Å². The zero-order valence-electron chi connectivity index (χ0n) is 13.9. The van der Waals surface area contributed by atoms with Crippen LogP contribution in [-0.2, 0) is 15.7 Å². The number of nitriles is 1. The van der Waals surface area contributed by atoms with Crippen LogP contribution in [0.3, 0.4) is 0 Å². The summed E-state index contributed by atoms with van der Waals surface area (Å²) in [4.78, 5) is 17.8. The lowest BCUT2D eigenvalue weighted by Crippen LogP contribution is -2.50. The Morgan fingerprint density at radius 1 is 1.36 bits per heavy atom. The second-order valence-electron chi connectivity index (χ2n) is 6.01. The number of hydrogen-bond acceptors (Lipinski definition) is 5. The van der Waals surface area contributed by atoms with Crippen LogP contribution in [0.1, 0.15) is 25.1 Å². The first-order valence-corrected chi connectivity index (χ1v) is 7.85. The molecule has 1 fully saturated rings. The SMILES string of the molecule is CC(C)C(Nc1nc(C(F)(F)F)ccc1C#N)C(=O)N1CCOCC1. The predicted octanol–water partition coefficient (Wildman–Crippen LogP) is 2.27. The molecule has 0 saturated carbocycles. The maximum absolute atomic E-state index is 12.9. The molecule has 1 saturated heterocycles. The molecule has 0 radical (unpaired) electrons. The Morgan fingerprint density at radius 2 is 2.00 bits per heavy atom. The fourth-order valence-electron chi connectivity index (χ4n) is 2.46. The summed E-state index contributed by atoms with van der Waals surface area (Å²) in [6.07, 6.45) is -4.63. The lowest BCUT2D eigenvalue weighted by molar-refractivity contribution is -0.141. The van der Waals surface area contributed by atoms with Gasteiger partial charge in [0.1, 0.15) is 23.6 Å². The summed E-state index contributed by atoms with van der Waals surface area (Å²) in [6.45, 7) is 5.23. The number of amides is 1. The van der Waals surface area contributed by atoms with Crippen LogP contribution in [0.5, 0.6) is 0 Å². The van der Waals surface area contributed by atoms with Crippen LogP contribution in [-0.4, -0.2) is 48.1 Å². The molecule has 1 aromatic rings. The van der Waals surface area contributed by atoms with E-state index in [4.69, 9.17) is 10.00 Å². The number of pyridine rings is 1. The van der Waals surface area contributed by atoms with Crippen molar-refractivity contribution >= 4 is 11.7 Å². The average Bonchev–Trinajstić information content (AvgIpc) is 2.58. The lowest BCUT2D eigenvalue weighted by atomic mass is 10.0. The first kappa shape index (κ1) is 19.0. The lowest BCUT2D eigenvalue weighted by Gasteiger charge is -2.32. The monoisotopic (exact) mass is 356 g/mol. The van der Waals surface area contributed by atoms with Gasteiger partial charge >= 0.3 is 6.18 Å². The highest BCUT2D eigenvalue weighted by atomic mass is 19.4. The van der Waals surface area contributed by atoms with Crippen LogP contribution < -0.4 is 5.32 Å². The van der Waals surface area contributed by atoms with Gasteiger partial charge in [0, 0.05) is 13.1 Å². The highest BCUT2D eigenvalue weighted by Crippen LogP contribution is 2.30. The number of hydrogen-bond donors (Lipinski definition) is 1. The molecule has 136 valence electrons. The number of carbonyl (C=O) groups is 1. The summed E-state index contributed by atoms with van der Waals surface area (Å²) in [5.74, 6) is -0.697. The fourth-order valence-corrected chi connectivity index (χ4v) is 2.46. The molecule has 0 aromatic carbocycles. The third-order valence-electron chi connectivity index (χ3n) is 3.85. The third-order valence-corrected chi connectivity index (χ3v) is 3.85. The highest BCUT2D eigenvalue weighted by Gasteiger charge is 2.34. The number of rotatable bonds is 4. The van der Waals surface area contributed by atoms with Crippen molar-refractivity contribution in [1.29, 1.82) is 5.26 Å². The minimum Gasteiger partial charge on any atom is -0.378 e. The Labute approximate surface area is 143 Å². The number of nitrogens with one attached hydrogen (secondary N) is 1. The van der Waals surface area contributed by atoms with Crippen molar-refractivity contribution < 1.29 is 22.7 Å². The van der Waals surface area contributed by atoms with Crippen LogP contribution >= 0.6 is 0 Å². The van der Waals surface area contributed by atoms with Gasteiger partial charge in [-0.3, -0.25) is 4.79 Å². The molecular weight excluding hydrogens is 337 g/mol. The van der Waals surface area contributed by atoms with Gasteiger partial charge in [-0.2, -0.15) is 18.4 Å². The van der Waals surface area contributed by atoms with Gasteiger partial charge in [0.05, 0.1) is 18.8 Å². The van der Waals surface area contributed by atoms with Gasteiger partial charge in [-0.1, -0.05) is 13.8 Å². The summed E-state index contributed by atoms with van der Waals surface area (Å²) >= 11 is 0. The van der Waals surface area contributed by atoms with Crippen molar-refractivity contribution in [3.8, 4) is 6.07 Å². The Morgan fingerprint density at radius 3 is 2.52 bits per heavy atom. The number of halogens is 3. The molecule has 9 heteroatoms. The van der Waals surface area contributed by atoms with E-state index in [1.165, 1.54) is 0 Å². The molecule has 0 aliphatic carbocycles. The van der Waals surface area contributed by atoms with Crippen LogP contribution in [0.15, 0.2) is 12.1 Å². The number of aromatic nitrogens is 1. The molecule has 1 N–H and O–H groups in total. The zero-order chi connectivity index (χ0) is 18.6. The van der Waals surface area contributed by atoms with E-state index in [9.17, 15) is 18.0 Å². The molecule has 25 heavy (non-hydrogen) atoms. The van der Waals surface area contributed by atoms with E-state index in [0.717, 1.165) is 12.1 Å². The minimum atomic E-state index is -4.63. The molecule has 1 atom stereocenters. The normalized spacial score (nSPS) is 16.4. The van der Waals surface area contributed by atoms with Crippen LogP contribution in [0.2, 0.25) is 0 Å². The van der Waals surface area contributed by atoms with Crippen molar-refractivity contribution in [3.63, 3.8) is 0 Å². The largest absolute Gasteiger partial charge is 0.433 e. The number of morpholine rings is 1. The predicted molar refractivity (Wildman–Crippen MR) is 83.6 cm³/mol. The molecule has 1 aliphatic heterocycles. The van der Waals surface area contributed by atoms with Crippen molar-refractivity contribution in [1.82, 2.24) is 9.88 Å². The smallest absolute Gasteiger partial charge is 0.378 e. The number of carbonyl (C=O) groups excluding carboxylic acids is 1. The summed E-state index contributed by atoms with van der Waals surface area (Å²) in [6, 6.07) is 2.81. The number of ether oxygens (including phenoxy) is 1. The number of anilines is 1. The molecule has 0 spiro atoms. The zero-order valence-corrected chi connectivity index (χ0v) is 13.9. The summed E-state index contributed by atoms with van der Waals surface area (Å²) in [7, 11) is 0. The summed E-state index contributed by atoms with van der Waals surface area (Å²) < 4.78 is 43.9. The summed E-state index contributed by atoms with van der Waals surface area (Å²) in [5.41, 5.74) is -1.16. The molecule has 2 rings (SSSR count). The van der Waals surface area contributed by atoms with E-state index in [1.54, 1.807) is 24.8 Å². The van der Waals surface area contributed by atoms with E-state index in [-0.39, 0.29) is 23.2 Å². The average molecular weight is 356 g/mol. The van der Waals surface area contributed by atoms with E-state index < -0.39 is 17.9 Å². The second kappa shape index (κ2) is 7.70. The van der Waals surface area contributed by atoms with Gasteiger partial charge in [0.15, 0.2) is 0 Å².